The molecule has 0 aliphatic heterocycles. The molecule has 0 aromatic carbocycles. The second-order valence-corrected chi connectivity index (χ2v) is 4.67. The molecule has 0 bridgehead atoms. The van der Waals surface area contributed by atoms with Crippen LogP contribution in [0.3, 0.4) is 0 Å². The van der Waals surface area contributed by atoms with Crippen molar-refractivity contribution >= 4 is 10.9 Å². The van der Waals surface area contributed by atoms with Crippen molar-refractivity contribution in [1.82, 2.24) is 14.3 Å². The second-order valence-electron chi connectivity index (χ2n) is 4.67. The largest absolute Gasteiger partial charge is 0.385 e. The molecule has 0 radical (unpaired) electrons. The van der Waals surface area contributed by atoms with E-state index in [0.29, 0.717) is 18.7 Å². The first kappa shape index (κ1) is 12.8. The van der Waals surface area contributed by atoms with Crippen molar-refractivity contribution in [1.29, 1.82) is 0 Å². The van der Waals surface area contributed by atoms with Gasteiger partial charge in [0.2, 0.25) is 0 Å². The van der Waals surface area contributed by atoms with Gasteiger partial charge in [0, 0.05) is 44.1 Å². The highest BCUT2D eigenvalue weighted by Crippen LogP contribution is 2.11. The maximum Gasteiger partial charge on any atom is 0.278 e. The van der Waals surface area contributed by atoms with Crippen molar-refractivity contribution in [2.24, 2.45) is 0 Å². The highest BCUT2D eigenvalue weighted by Gasteiger charge is 2.08. The second kappa shape index (κ2) is 5.35. The van der Waals surface area contributed by atoms with Crippen LogP contribution in [0.25, 0.3) is 10.9 Å². The summed E-state index contributed by atoms with van der Waals surface area (Å²) in [5.41, 5.74) is 0.520. The molecule has 2 heterocycles. The molecule has 0 fully saturated rings. The number of aromatic nitrogens is 3. The minimum atomic E-state index is -0.0250. The molecule has 0 aliphatic rings. The van der Waals surface area contributed by atoms with Crippen molar-refractivity contribution < 1.29 is 4.74 Å². The Morgan fingerprint density at radius 3 is 2.89 bits per heavy atom. The fraction of sp³-hybridized carbons (Fsp3) is 0.538. The van der Waals surface area contributed by atoms with E-state index < -0.39 is 0 Å². The predicted octanol–water partition coefficient (Wildman–Crippen LogP) is 1.82. The van der Waals surface area contributed by atoms with Crippen LogP contribution < -0.4 is 5.56 Å². The molecule has 2 aromatic heterocycles. The van der Waals surface area contributed by atoms with Crippen LogP contribution in [0.15, 0.2) is 23.3 Å². The van der Waals surface area contributed by atoms with Crippen molar-refractivity contribution in [3.05, 3.63) is 28.8 Å². The Labute approximate surface area is 106 Å². The summed E-state index contributed by atoms with van der Waals surface area (Å²) in [6, 6.07) is 2.20. The number of fused-ring (bicyclic) bond motifs is 1. The van der Waals surface area contributed by atoms with Gasteiger partial charge >= 0.3 is 0 Å². The van der Waals surface area contributed by atoms with Crippen molar-refractivity contribution in [3.8, 4) is 0 Å². The Bertz CT molecular complexity index is 583. The predicted molar refractivity (Wildman–Crippen MR) is 70.9 cm³/mol. The van der Waals surface area contributed by atoms with E-state index in [9.17, 15) is 4.79 Å². The molecule has 5 heteroatoms. The number of methoxy groups -OCH3 is 1. The first-order chi connectivity index (χ1) is 8.63. The Hall–Kier alpha value is -1.62. The number of hydrogen-bond acceptors (Lipinski definition) is 3. The molecule has 0 aliphatic carbocycles. The fourth-order valence-electron chi connectivity index (χ4n) is 1.89. The normalized spacial score (nSPS) is 11.6. The van der Waals surface area contributed by atoms with Gasteiger partial charge in [-0.2, -0.15) is 5.10 Å². The van der Waals surface area contributed by atoms with Crippen LogP contribution >= 0.6 is 0 Å². The molecular formula is C13H19N3O2. The van der Waals surface area contributed by atoms with Gasteiger partial charge in [-0.25, -0.2) is 0 Å². The zero-order chi connectivity index (χ0) is 13.1. The van der Waals surface area contributed by atoms with Crippen LogP contribution in [-0.2, 0) is 11.3 Å². The van der Waals surface area contributed by atoms with Gasteiger partial charge in [-0.3, -0.25) is 9.48 Å². The monoisotopic (exact) mass is 249 g/mol. The van der Waals surface area contributed by atoms with E-state index in [-0.39, 0.29) is 11.6 Å². The standard InChI is InChI=1S/C13H19N3O2/c1-10(2)16-9-11-5-7-15(6-4-8-18-3)13(17)12(11)14-16/h5,7,9-10H,4,6,8H2,1-3H3. The molecule has 98 valence electrons. The Morgan fingerprint density at radius 2 is 2.22 bits per heavy atom. The quantitative estimate of drug-likeness (QED) is 0.759. The Kier molecular flexibility index (Phi) is 3.81. The van der Waals surface area contributed by atoms with Crippen LogP contribution in [0.4, 0.5) is 0 Å². The number of nitrogens with zero attached hydrogens (tertiary/aromatic N) is 3. The van der Waals surface area contributed by atoms with Gasteiger partial charge in [-0.15, -0.1) is 0 Å². The highest BCUT2D eigenvalue weighted by atomic mass is 16.5. The van der Waals surface area contributed by atoms with Crippen LogP contribution in [-0.4, -0.2) is 28.1 Å². The lowest BCUT2D eigenvalue weighted by Gasteiger charge is -2.04. The Morgan fingerprint density at radius 1 is 1.44 bits per heavy atom. The Balaban J connectivity index is 2.34. The van der Waals surface area contributed by atoms with E-state index in [1.807, 2.05) is 37.0 Å². The molecule has 5 nitrogen and oxygen atoms in total. The third-order valence-electron chi connectivity index (χ3n) is 2.93. The topological polar surface area (TPSA) is 49.0 Å². The molecule has 0 N–H and O–H groups in total. The van der Waals surface area contributed by atoms with Gasteiger partial charge < -0.3 is 9.30 Å². The van der Waals surface area contributed by atoms with Gasteiger partial charge in [-0.1, -0.05) is 0 Å². The first-order valence-corrected chi connectivity index (χ1v) is 6.20. The van der Waals surface area contributed by atoms with Gasteiger partial charge in [0.1, 0.15) is 0 Å². The van der Waals surface area contributed by atoms with Gasteiger partial charge in [0.25, 0.3) is 5.56 Å². The van der Waals surface area contributed by atoms with E-state index in [1.54, 1.807) is 11.7 Å². The zero-order valence-electron chi connectivity index (χ0n) is 11.1. The first-order valence-electron chi connectivity index (χ1n) is 6.20. The zero-order valence-corrected chi connectivity index (χ0v) is 11.1. The van der Waals surface area contributed by atoms with E-state index in [2.05, 4.69) is 5.10 Å². The molecule has 0 unspecified atom stereocenters. The minimum Gasteiger partial charge on any atom is -0.385 e. The molecule has 0 saturated heterocycles. The van der Waals surface area contributed by atoms with Crippen LogP contribution in [0.5, 0.6) is 0 Å². The summed E-state index contributed by atoms with van der Waals surface area (Å²) in [5.74, 6) is 0. The summed E-state index contributed by atoms with van der Waals surface area (Å²) in [7, 11) is 1.66. The maximum atomic E-state index is 12.2. The lowest BCUT2D eigenvalue weighted by molar-refractivity contribution is 0.190. The molecule has 0 amide bonds. The van der Waals surface area contributed by atoms with Crippen molar-refractivity contribution in [2.75, 3.05) is 13.7 Å². The fourth-order valence-corrected chi connectivity index (χ4v) is 1.89. The smallest absolute Gasteiger partial charge is 0.278 e. The summed E-state index contributed by atoms with van der Waals surface area (Å²) in [5, 5.41) is 5.25. The molecule has 0 spiro atoms. The van der Waals surface area contributed by atoms with Crippen molar-refractivity contribution in [2.45, 2.75) is 32.9 Å². The van der Waals surface area contributed by atoms with E-state index in [4.69, 9.17) is 4.74 Å². The molecular weight excluding hydrogens is 230 g/mol. The summed E-state index contributed by atoms with van der Waals surface area (Å²) in [4.78, 5) is 12.2. The maximum absolute atomic E-state index is 12.2. The molecule has 0 saturated carbocycles. The highest BCUT2D eigenvalue weighted by molar-refractivity contribution is 5.76. The van der Waals surface area contributed by atoms with E-state index in [0.717, 1.165) is 11.8 Å². The number of pyridine rings is 1. The number of ether oxygens (including phenoxy) is 1. The number of aryl methyl sites for hydroxylation is 1. The SMILES string of the molecule is COCCCn1ccc2cn(C(C)C)nc2c1=O. The van der Waals surface area contributed by atoms with Gasteiger partial charge in [0.05, 0.1) is 0 Å². The number of rotatable bonds is 5. The minimum absolute atomic E-state index is 0.0250. The average molecular weight is 249 g/mol. The lowest BCUT2D eigenvalue weighted by atomic mass is 10.3. The lowest BCUT2D eigenvalue weighted by Crippen LogP contribution is -2.20. The van der Waals surface area contributed by atoms with Crippen LogP contribution in [0.2, 0.25) is 0 Å². The summed E-state index contributed by atoms with van der Waals surface area (Å²) >= 11 is 0. The van der Waals surface area contributed by atoms with Crippen LogP contribution in [0, 0.1) is 0 Å². The molecule has 18 heavy (non-hydrogen) atoms. The van der Waals surface area contributed by atoms with Crippen molar-refractivity contribution in [3.63, 3.8) is 0 Å². The van der Waals surface area contributed by atoms with E-state index >= 15 is 0 Å². The average Bonchev–Trinajstić information content (AvgIpc) is 2.77. The molecule has 0 atom stereocenters. The summed E-state index contributed by atoms with van der Waals surface area (Å²) < 4.78 is 8.51. The third-order valence-corrected chi connectivity index (χ3v) is 2.93. The molecule has 2 aromatic rings. The van der Waals surface area contributed by atoms with E-state index in [1.165, 1.54) is 0 Å². The van der Waals surface area contributed by atoms with Gasteiger partial charge in [-0.05, 0) is 26.3 Å². The van der Waals surface area contributed by atoms with Gasteiger partial charge in [0.15, 0.2) is 5.52 Å². The van der Waals surface area contributed by atoms with Crippen LogP contribution in [0.1, 0.15) is 26.3 Å². The summed E-state index contributed by atoms with van der Waals surface area (Å²) in [6.45, 7) is 5.41. The third kappa shape index (κ3) is 2.46. The molecule has 2 rings (SSSR count). The number of hydrogen-bond donors (Lipinski definition) is 0. The summed E-state index contributed by atoms with van der Waals surface area (Å²) in [6.07, 6.45) is 4.57.